The number of para-hydroxylation sites is 1. The molecule has 2 aromatic carbocycles. The second-order valence-electron chi connectivity index (χ2n) is 4.87. The molecule has 2 aromatic rings. The van der Waals surface area contributed by atoms with Gasteiger partial charge in [-0.05, 0) is 24.3 Å². The fourth-order valence-corrected chi connectivity index (χ4v) is 2.21. The zero-order valence-electron chi connectivity index (χ0n) is 14.0. The van der Waals surface area contributed by atoms with Crippen LogP contribution in [0.3, 0.4) is 0 Å². The lowest BCUT2D eigenvalue weighted by molar-refractivity contribution is -0.123. The van der Waals surface area contributed by atoms with Gasteiger partial charge in [-0.1, -0.05) is 18.2 Å². The summed E-state index contributed by atoms with van der Waals surface area (Å²) < 4.78 is 21.3. The molecule has 24 heavy (non-hydrogen) atoms. The molecule has 2 rings (SSSR count). The van der Waals surface area contributed by atoms with Crippen molar-refractivity contribution in [3.63, 3.8) is 0 Å². The third-order valence-corrected chi connectivity index (χ3v) is 3.37. The molecule has 0 aromatic heterocycles. The van der Waals surface area contributed by atoms with E-state index in [0.717, 1.165) is 5.56 Å². The molecule has 128 valence electrons. The van der Waals surface area contributed by atoms with Crippen LogP contribution in [0.15, 0.2) is 42.5 Å². The Hall–Kier alpha value is -2.89. The molecule has 0 saturated carbocycles. The van der Waals surface area contributed by atoms with E-state index in [1.807, 2.05) is 24.3 Å². The zero-order chi connectivity index (χ0) is 17.4. The van der Waals surface area contributed by atoms with Crippen LogP contribution in [0.4, 0.5) is 0 Å². The van der Waals surface area contributed by atoms with Crippen LogP contribution in [-0.2, 0) is 11.3 Å². The topological polar surface area (TPSA) is 66.0 Å². The molecule has 0 bridgehead atoms. The van der Waals surface area contributed by atoms with E-state index in [0.29, 0.717) is 29.5 Å². The van der Waals surface area contributed by atoms with Crippen LogP contribution in [0, 0.1) is 0 Å². The number of ether oxygens (including phenoxy) is 4. The van der Waals surface area contributed by atoms with Crippen molar-refractivity contribution in [2.24, 2.45) is 0 Å². The normalized spacial score (nSPS) is 9.96. The van der Waals surface area contributed by atoms with Gasteiger partial charge in [0.1, 0.15) is 5.75 Å². The van der Waals surface area contributed by atoms with Gasteiger partial charge in [0.2, 0.25) is 5.75 Å². The van der Waals surface area contributed by atoms with Gasteiger partial charge in [0.05, 0.1) is 21.3 Å². The van der Waals surface area contributed by atoms with Crippen molar-refractivity contribution in [2.75, 3.05) is 27.9 Å². The molecule has 0 aliphatic carbocycles. The monoisotopic (exact) mass is 331 g/mol. The lowest BCUT2D eigenvalue weighted by Gasteiger charge is -2.16. The number of methoxy groups -OCH3 is 3. The van der Waals surface area contributed by atoms with E-state index in [2.05, 4.69) is 5.32 Å². The summed E-state index contributed by atoms with van der Waals surface area (Å²) in [5, 5.41) is 2.79. The van der Waals surface area contributed by atoms with Crippen molar-refractivity contribution >= 4 is 5.91 Å². The van der Waals surface area contributed by atoms with Crippen LogP contribution in [0.25, 0.3) is 0 Å². The van der Waals surface area contributed by atoms with Crippen LogP contribution >= 0.6 is 0 Å². The first-order valence-electron chi connectivity index (χ1n) is 7.42. The van der Waals surface area contributed by atoms with Gasteiger partial charge in [-0.3, -0.25) is 4.79 Å². The van der Waals surface area contributed by atoms with E-state index in [1.54, 1.807) is 32.4 Å². The molecule has 1 amide bonds. The molecule has 0 unspecified atom stereocenters. The van der Waals surface area contributed by atoms with Crippen LogP contribution in [-0.4, -0.2) is 33.8 Å². The Kier molecular flexibility index (Phi) is 6.31. The lowest BCUT2D eigenvalue weighted by atomic mass is 10.1. The van der Waals surface area contributed by atoms with E-state index in [4.69, 9.17) is 18.9 Å². The SMILES string of the molecule is COc1ccc(CNC(=O)COc2ccccc2)c(OC)c1OC. The lowest BCUT2D eigenvalue weighted by Crippen LogP contribution is -2.28. The molecule has 0 fully saturated rings. The van der Waals surface area contributed by atoms with Crippen molar-refractivity contribution in [1.29, 1.82) is 0 Å². The Bertz CT molecular complexity index is 673. The molecule has 0 spiro atoms. The van der Waals surface area contributed by atoms with E-state index in [9.17, 15) is 4.79 Å². The zero-order valence-corrected chi connectivity index (χ0v) is 14.0. The number of hydrogen-bond acceptors (Lipinski definition) is 5. The number of benzene rings is 2. The van der Waals surface area contributed by atoms with Gasteiger partial charge in [-0.25, -0.2) is 0 Å². The summed E-state index contributed by atoms with van der Waals surface area (Å²) >= 11 is 0. The largest absolute Gasteiger partial charge is 0.493 e. The number of carbonyl (C=O) groups is 1. The molecule has 6 nitrogen and oxygen atoms in total. The van der Waals surface area contributed by atoms with Crippen LogP contribution in [0.5, 0.6) is 23.0 Å². The Morgan fingerprint density at radius 1 is 0.917 bits per heavy atom. The summed E-state index contributed by atoms with van der Waals surface area (Å²) in [6, 6.07) is 12.8. The Balaban J connectivity index is 1.97. The molecule has 6 heteroatoms. The molecule has 0 radical (unpaired) electrons. The predicted octanol–water partition coefficient (Wildman–Crippen LogP) is 2.41. The number of nitrogens with one attached hydrogen (secondary N) is 1. The maximum Gasteiger partial charge on any atom is 0.258 e. The molecular formula is C18H21NO5. The van der Waals surface area contributed by atoms with E-state index in [-0.39, 0.29) is 12.5 Å². The molecule has 0 aliphatic rings. The Labute approximate surface area is 141 Å². The first-order valence-corrected chi connectivity index (χ1v) is 7.42. The summed E-state index contributed by atoms with van der Waals surface area (Å²) in [5.74, 6) is 2.01. The van der Waals surface area contributed by atoms with Crippen LogP contribution < -0.4 is 24.3 Å². The number of rotatable bonds is 8. The first-order chi connectivity index (χ1) is 11.7. The van der Waals surface area contributed by atoms with Gasteiger partial charge in [-0.2, -0.15) is 0 Å². The molecular weight excluding hydrogens is 310 g/mol. The number of amides is 1. The summed E-state index contributed by atoms with van der Waals surface area (Å²) in [7, 11) is 4.64. The third-order valence-electron chi connectivity index (χ3n) is 3.37. The van der Waals surface area contributed by atoms with Crippen molar-refractivity contribution in [1.82, 2.24) is 5.32 Å². The average Bonchev–Trinajstić information content (AvgIpc) is 2.64. The van der Waals surface area contributed by atoms with Gasteiger partial charge >= 0.3 is 0 Å². The fraction of sp³-hybridized carbons (Fsp3) is 0.278. The highest BCUT2D eigenvalue weighted by atomic mass is 16.5. The smallest absolute Gasteiger partial charge is 0.258 e. The van der Waals surface area contributed by atoms with Gasteiger partial charge in [-0.15, -0.1) is 0 Å². The minimum absolute atomic E-state index is 0.0559. The molecule has 0 atom stereocenters. The van der Waals surface area contributed by atoms with Gasteiger partial charge < -0.3 is 24.3 Å². The molecule has 0 heterocycles. The maximum atomic E-state index is 11.9. The highest BCUT2D eigenvalue weighted by Crippen LogP contribution is 2.39. The van der Waals surface area contributed by atoms with Crippen molar-refractivity contribution in [2.45, 2.75) is 6.54 Å². The molecule has 0 aliphatic heterocycles. The quantitative estimate of drug-likeness (QED) is 0.805. The summed E-state index contributed by atoms with van der Waals surface area (Å²) in [6.45, 7) is 0.236. The highest BCUT2D eigenvalue weighted by molar-refractivity contribution is 5.77. The predicted molar refractivity (Wildman–Crippen MR) is 89.9 cm³/mol. The van der Waals surface area contributed by atoms with E-state index < -0.39 is 0 Å². The second kappa shape index (κ2) is 8.67. The van der Waals surface area contributed by atoms with Crippen LogP contribution in [0.2, 0.25) is 0 Å². The van der Waals surface area contributed by atoms with E-state index in [1.165, 1.54) is 7.11 Å². The molecule has 1 N–H and O–H groups in total. The number of hydrogen-bond donors (Lipinski definition) is 1. The highest BCUT2D eigenvalue weighted by Gasteiger charge is 2.16. The van der Waals surface area contributed by atoms with Gasteiger partial charge in [0.15, 0.2) is 18.1 Å². The van der Waals surface area contributed by atoms with Crippen molar-refractivity contribution in [3.8, 4) is 23.0 Å². The van der Waals surface area contributed by atoms with Crippen LogP contribution in [0.1, 0.15) is 5.56 Å². The van der Waals surface area contributed by atoms with Crippen molar-refractivity contribution < 1.29 is 23.7 Å². The molecule has 0 saturated heterocycles. The Morgan fingerprint density at radius 2 is 1.62 bits per heavy atom. The minimum atomic E-state index is -0.226. The number of carbonyl (C=O) groups excluding carboxylic acids is 1. The standard InChI is InChI=1S/C18H21NO5/c1-21-15-10-9-13(17(22-2)18(15)23-3)11-19-16(20)12-24-14-7-5-4-6-8-14/h4-10H,11-12H2,1-3H3,(H,19,20). The summed E-state index contributed by atoms with van der Waals surface area (Å²) in [6.07, 6.45) is 0. The maximum absolute atomic E-state index is 11.9. The summed E-state index contributed by atoms with van der Waals surface area (Å²) in [5.41, 5.74) is 0.781. The fourth-order valence-electron chi connectivity index (χ4n) is 2.21. The van der Waals surface area contributed by atoms with Gasteiger partial charge in [0, 0.05) is 12.1 Å². The van der Waals surface area contributed by atoms with Crippen molar-refractivity contribution in [3.05, 3.63) is 48.0 Å². The first kappa shape index (κ1) is 17.5. The Morgan fingerprint density at radius 3 is 2.25 bits per heavy atom. The summed E-state index contributed by atoms with van der Waals surface area (Å²) in [4.78, 5) is 11.9. The van der Waals surface area contributed by atoms with E-state index >= 15 is 0 Å². The minimum Gasteiger partial charge on any atom is -0.493 e. The second-order valence-corrected chi connectivity index (χ2v) is 4.87. The average molecular weight is 331 g/mol. The third kappa shape index (κ3) is 4.32. The van der Waals surface area contributed by atoms with Gasteiger partial charge in [0.25, 0.3) is 5.91 Å².